The van der Waals surface area contributed by atoms with Crippen LogP contribution >= 0.6 is 0 Å². The van der Waals surface area contributed by atoms with Crippen LogP contribution in [0.15, 0.2) is 54.6 Å². The van der Waals surface area contributed by atoms with E-state index in [-0.39, 0.29) is 5.56 Å². The number of fused-ring (bicyclic) bond motifs is 1. The van der Waals surface area contributed by atoms with Crippen LogP contribution in [0.2, 0.25) is 0 Å². The van der Waals surface area contributed by atoms with Crippen LogP contribution in [0, 0.1) is 0 Å². The van der Waals surface area contributed by atoms with Crippen LogP contribution in [-0.4, -0.2) is 51.8 Å². The normalized spacial score (nSPS) is 11.3. The molecule has 9 heteroatoms. The Labute approximate surface area is 196 Å². The minimum absolute atomic E-state index is 0.199. The Morgan fingerprint density at radius 1 is 0.853 bits per heavy atom. The first-order chi connectivity index (χ1) is 16.4. The van der Waals surface area contributed by atoms with Gasteiger partial charge in [0.15, 0.2) is 17.6 Å². The van der Waals surface area contributed by atoms with Gasteiger partial charge in [0.05, 0.1) is 21.3 Å². The number of carbonyl (C=O) groups excluding carboxylic acids is 3. The SMILES string of the molecule is COc1cc(C(=O)NCC(=O)OC(C)C(=O)Nc2ccc3ccccc3c2)cc(OC)c1OC. The lowest BCUT2D eigenvalue weighted by Crippen LogP contribution is -2.35. The first-order valence-corrected chi connectivity index (χ1v) is 10.4. The Kier molecular flexibility index (Phi) is 7.92. The predicted octanol–water partition coefficient (Wildman–Crippen LogP) is 3.17. The lowest BCUT2D eigenvalue weighted by molar-refractivity contribution is -0.152. The topological polar surface area (TPSA) is 112 Å². The summed E-state index contributed by atoms with van der Waals surface area (Å²) in [6.45, 7) is 1.03. The molecule has 0 bridgehead atoms. The highest BCUT2D eigenvalue weighted by atomic mass is 16.5. The van der Waals surface area contributed by atoms with E-state index in [4.69, 9.17) is 18.9 Å². The molecule has 0 aliphatic rings. The van der Waals surface area contributed by atoms with Crippen molar-refractivity contribution in [1.29, 1.82) is 0 Å². The van der Waals surface area contributed by atoms with E-state index in [9.17, 15) is 14.4 Å². The second-order valence-corrected chi connectivity index (χ2v) is 7.28. The van der Waals surface area contributed by atoms with Gasteiger partial charge in [0.1, 0.15) is 6.54 Å². The van der Waals surface area contributed by atoms with Gasteiger partial charge in [-0.05, 0) is 42.0 Å². The van der Waals surface area contributed by atoms with Gasteiger partial charge in [0, 0.05) is 11.3 Å². The zero-order valence-electron chi connectivity index (χ0n) is 19.3. The summed E-state index contributed by atoms with van der Waals surface area (Å²) in [5.74, 6) is -0.861. The second kappa shape index (κ2) is 11.0. The third kappa shape index (κ3) is 5.74. The molecule has 1 unspecified atom stereocenters. The number of amides is 2. The lowest BCUT2D eigenvalue weighted by Gasteiger charge is -2.15. The van der Waals surface area contributed by atoms with Gasteiger partial charge in [-0.2, -0.15) is 0 Å². The van der Waals surface area contributed by atoms with Crippen molar-refractivity contribution in [1.82, 2.24) is 5.32 Å². The van der Waals surface area contributed by atoms with Gasteiger partial charge in [-0.3, -0.25) is 14.4 Å². The molecule has 34 heavy (non-hydrogen) atoms. The summed E-state index contributed by atoms with van der Waals surface area (Å²) in [4.78, 5) is 37.1. The quantitative estimate of drug-likeness (QED) is 0.466. The number of hydrogen-bond acceptors (Lipinski definition) is 7. The number of anilines is 1. The van der Waals surface area contributed by atoms with E-state index in [2.05, 4.69) is 10.6 Å². The van der Waals surface area contributed by atoms with Crippen LogP contribution < -0.4 is 24.8 Å². The second-order valence-electron chi connectivity index (χ2n) is 7.28. The third-order valence-electron chi connectivity index (χ3n) is 5.01. The number of carbonyl (C=O) groups is 3. The zero-order chi connectivity index (χ0) is 24.7. The molecule has 178 valence electrons. The van der Waals surface area contributed by atoms with Crippen LogP contribution in [0.4, 0.5) is 5.69 Å². The number of ether oxygens (including phenoxy) is 4. The standard InChI is InChI=1S/C25H26N2O7/c1-15(24(29)27-19-10-9-16-7-5-6-8-17(16)11-19)34-22(28)14-26-25(30)18-12-20(31-2)23(33-4)21(13-18)32-3/h5-13,15H,14H2,1-4H3,(H,26,30)(H,27,29). The Bertz CT molecular complexity index is 1180. The molecule has 2 amide bonds. The van der Waals surface area contributed by atoms with Crippen molar-refractivity contribution in [2.75, 3.05) is 33.2 Å². The van der Waals surface area contributed by atoms with Crippen LogP contribution in [0.25, 0.3) is 10.8 Å². The van der Waals surface area contributed by atoms with Crippen molar-refractivity contribution >= 4 is 34.2 Å². The molecular weight excluding hydrogens is 440 g/mol. The Hall–Kier alpha value is -4.27. The van der Waals surface area contributed by atoms with E-state index in [1.54, 1.807) is 6.07 Å². The Morgan fingerprint density at radius 3 is 2.12 bits per heavy atom. The molecule has 0 saturated heterocycles. The number of nitrogens with one attached hydrogen (secondary N) is 2. The van der Waals surface area contributed by atoms with Crippen molar-refractivity contribution in [2.24, 2.45) is 0 Å². The molecule has 3 aromatic carbocycles. The fourth-order valence-electron chi connectivity index (χ4n) is 3.27. The molecule has 0 aliphatic heterocycles. The molecule has 0 saturated carbocycles. The van der Waals surface area contributed by atoms with Crippen molar-refractivity contribution < 1.29 is 33.3 Å². The average molecular weight is 466 g/mol. The molecule has 0 fully saturated rings. The molecule has 3 rings (SSSR count). The third-order valence-corrected chi connectivity index (χ3v) is 5.01. The van der Waals surface area contributed by atoms with Gasteiger partial charge in [0.25, 0.3) is 11.8 Å². The van der Waals surface area contributed by atoms with Gasteiger partial charge in [0.2, 0.25) is 5.75 Å². The van der Waals surface area contributed by atoms with Gasteiger partial charge in [-0.15, -0.1) is 0 Å². The Morgan fingerprint density at radius 2 is 1.50 bits per heavy atom. The monoisotopic (exact) mass is 466 g/mol. The van der Waals surface area contributed by atoms with Crippen LogP contribution in [0.1, 0.15) is 17.3 Å². The number of methoxy groups -OCH3 is 3. The van der Waals surface area contributed by atoms with Gasteiger partial charge in [-0.1, -0.05) is 30.3 Å². The van der Waals surface area contributed by atoms with Crippen molar-refractivity contribution in [3.63, 3.8) is 0 Å². The van der Waals surface area contributed by atoms with Crippen molar-refractivity contribution in [3.05, 3.63) is 60.2 Å². The van der Waals surface area contributed by atoms with Crippen LogP contribution in [0.3, 0.4) is 0 Å². The smallest absolute Gasteiger partial charge is 0.326 e. The predicted molar refractivity (Wildman–Crippen MR) is 127 cm³/mol. The fraction of sp³-hybridized carbons (Fsp3) is 0.240. The van der Waals surface area contributed by atoms with Gasteiger partial charge in [-0.25, -0.2) is 0 Å². The fourth-order valence-corrected chi connectivity index (χ4v) is 3.27. The highest BCUT2D eigenvalue weighted by Gasteiger charge is 2.20. The molecule has 1 atom stereocenters. The zero-order valence-corrected chi connectivity index (χ0v) is 19.3. The molecule has 9 nitrogen and oxygen atoms in total. The lowest BCUT2D eigenvalue weighted by atomic mass is 10.1. The summed E-state index contributed by atoms with van der Waals surface area (Å²) in [6.07, 6.45) is -1.06. The van der Waals surface area contributed by atoms with Crippen LogP contribution in [0.5, 0.6) is 17.2 Å². The molecule has 2 N–H and O–H groups in total. The van der Waals surface area contributed by atoms with E-state index in [1.807, 2.05) is 36.4 Å². The summed E-state index contributed by atoms with van der Waals surface area (Å²) in [6, 6.07) is 16.2. The summed E-state index contributed by atoms with van der Waals surface area (Å²) in [5.41, 5.74) is 0.784. The van der Waals surface area contributed by atoms with E-state index in [1.165, 1.54) is 40.4 Å². The molecule has 0 radical (unpaired) electrons. The maximum atomic E-state index is 12.5. The van der Waals surface area contributed by atoms with Gasteiger partial charge >= 0.3 is 5.97 Å². The van der Waals surface area contributed by atoms with Crippen LogP contribution in [-0.2, 0) is 14.3 Å². The van der Waals surface area contributed by atoms with E-state index in [0.717, 1.165) is 10.8 Å². The van der Waals surface area contributed by atoms with Crippen molar-refractivity contribution in [2.45, 2.75) is 13.0 Å². The highest BCUT2D eigenvalue weighted by Crippen LogP contribution is 2.38. The molecule has 0 aliphatic carbocycles. The summed E-state index contributed by atoms with van der Waals surface area (Å²) < 4.78 is 20.8. The number of benzene rings is 3. The largest absolute Gasteiger partial charge is 0.493 e. The first kappa shape index (κ1) is 24.4. The van der Waals surface area contributed by atoms with E-state index in [0.29, 0.717) is 22.9 Å². The maximum Gasteiger partial charge on any atom is 0.326 e. The molecule has 0 aromatic heterocycles. The van der Waals surface area contributed by atoms with Crippen molar-refractivity contribution in [3.8, 4) is 17.2 Å². The van der Waals surface area contributed by atoms with Gasteiger partial charge < -0.3 is 29.6 Å². The molecule has 0 spiro atoms. The number of esters is 1. The summed E-state index contributed by atoms with van der Waals surface area (Å²) in [7, 11) is 4.31. The average Bonchev–Trinajstić information content (AvgIpc) is 2.86. The maximum absolute atomic E-state index is 12.5. The summed E-state index contributed by atoms with van der Waals surface area (Å²) in [5, 5.41) is 7.19. The molecule has 3 aromatic rings. The number of hydrogen-bond donors (Lipinski definition) is 2. The molecular formula is C25H26N2O7. The van der Waals surface area contributed by atoms with E-state index >= 15 is 0 Å². The Balaban J connectivity index is 1.55. The first-order valence-electron chi connectivity index (χ1n) is 10.4. The minimum Gasteiger partial charge on any atom is -0.493 e. The van der Waals surface area contributed by atoms with E-state index < -0.39 is 30.4 Å². The molecule has 0 heterocycles. The highest BCUT2D eigenvalue weighted by molar-refractivity contribution is 5.99. The minimum atomic E-state index is -1.06. The summed E-state index contributed by atoms with van der Waals surface area (Å²) >= 11 is 0. The number of rotatable bonds is 9.